The molecule has 1 atom stereocenters. The van der Waals surface area contributed by atoms with E-state index in [0.29, 0.717) is 10.6 Å². The number of carbonyl (C=O) groups is 2. The largest absolute Gasteiger partial charge is 0.432 e. The van der Waals surface area contributed by atoms with Gasteiger partial charge in [-0.1, -0.05) is 189 Å². The summed E-state index contributed by atoms with van der Waals surface area (Å²) in [5.41, 5.74) is 0. The number of ether oxygens (including phenoxy) is 1. The Kier molecular flexibility index (Phi) is 112. The molecule has 0 aliphatic heterocycles. The zero-order valence-electron chi connectivity index (χ0n) is 42.8. The third kappa shape index (κ3) is 247. The smallest absolute Gasteiger partial charge is 0.388 e. The summed E-state index contributed by atoms with van der Waals surface area (Å²) in [5, 5.41) is 2.57. The van der Waals surface area contributed by atoms with Crippen molar-refractivity contribution in [2.24, 2.45) is 5.92 Å². The van der Waals surface area contributed by atoms with Gasteiger partial charge in [-0.15, -0.1) is 0 Å². The van der Waals surface area contributed by atoms with Gasteiger partial charge in [0.05, 0.1) is 7.18 Å². The fraction of sp³-hybridized carbons (Fsp3) is 0.956. The van der Waals surface area contributed by atoms with E-state index in [1.807, 2.05) is 47.7 Å². The van der Waals surface area contributed by atoms with Crippen LogP contribution in [0.25, 0.3) is 0 Å². The molecule has 0 spiro atoms. The maximum Gasteiger partial charge on any atom is 0.388 e. The number of halogens is 6. The van der Waals surface area contributed by atoms with Crippen LogP contribution in [0.4, 0.5) is 17.6 Å². The summed E-state index contributed by atoms with van der Waals surface area (Å²) in [6.07, 6.45) is 0.418. The average molecular weight is 1130 g/mol. The van der Waals surface area contributed by atoms with E-state index in [4.69, 9.17) is 9.53 Å². The second-order valence-corrected chi connectivity index (χ2v) is 30.4. The molecule has 0 heterocycles. The van der Waals surface area contributed by atoms with Crippen molar-refractivity contribution in [2.45, 2.75) is 237 Å². The summed E-state index contributed by atoms with van der Waals surface area (Å²) < 4.78 is 48.1. The zero-order valence-corrected chi connectivity index (χ0v) is 49.1. The SMILES string of the molecule is C.C.CCC.CCC(C)(C)I.CCC(C)C.CCC(C)I.CCC(F)(F)F.CCN(C)C(C)=O.CCNC(C)=O.CCOCC.CC[Si](C)(C)C.CC[Si](C)(C)O.CF. The van der Waals surface area contributed by atoms with Crippen LogP contribution in [0.3, 0.4) is 0 Å². The number of hydrogen-bond donors (Lipinski definition) is 2. The van der Waals surface area contributed by atoms with E-state index in [1.165, 1.54) is 38.7 Å². The van der Waals surface area contributed by atoms with Crippen molar-refractivity contribution in [3.8, 4) is 0 Å². The van der Waals surface area contributed by atoms with Gasteiger partial charge in [0.1, 0.15) is 0 Å². The highest BCUT2D eigenvalue weighted by Crippen LogP contribution is 2.19. The van der Waals surface area contributed by atoms with Gasteiger partial charge in [0, 0.05) is 69.0 Å². The number of rotatable bonds is 9. The lowest BCUT2D eigenvalue weighted by Crippen LogP contribution is -2.22. The summed E-state index contributed by atoms with van der Waals surface area (Å²) in [7, 11) is 0.0177. The van der Waals surface area contributed by atoms with Gasteiger partial charge in [-0.05, 0) is 65.6 Å². The topological polar surface area (TPSA) is 78.9 Å². The van der Waals surface area contributed by atoms with Crippen molar-refractivity contribution in [1.82, 2.24) is 10.2 Å². The van der Waals surface area contributed by atoms with E-state index < -0.39 is 29.0 Å². The second-order valence-electron chi connectivity index (χ2n) is 15.2. The molecule has 59 heavy (non-hydrogen) atoms. The Balaban J connectivity index is -0.0000000361. The molecule has 0 radical (unpaired) electrons. The fourth-order valence-corrected chi connectivity index (χ4v) is 0.676. The molecule has 0 aromatic rings. The Morgan fingerprint density at radius 2 is 0.983 bits per heavy atom. The van der Waals surface area contributed by atoms with Gasteiger partial charge < -0.3 is 19.7 Å². The van der Waals surface area contributed by atoms with Crippen LogP contribution in [-0.2, 0) is 14.3 Å². The number of hydrogen-bond acceptors (Lipinski definition) is 4. The molecule has 0 aromatic carbocycles. The summed E-state index contributed by atoms with van der Waals surface area (Å²) in [6.45, 7) is 52.4. The third-order valence-electron chi connectivity index (χ3n) is 6.39. The van der Waals surface area contributed by atoms with Gasteiger partial charge in [-0.25, -0.2) is 0 Å². The third-order valence-corrected chi connectivity index (χ3v) is 11.9. The van der Waals surface area contributed by atoms with Crippen LogP contribution in [-0.4, -0.2) is 92.0 Å². The molecule has 0 rings (SSSR count). The van der Waals surface area contributed by atoms with Gasteiger partial charge in [-0.2, -0.15) is 13.2 Å². The molecule has 6 nitrogen and oxygen atoms in total. The van der Waals surface area contributed by atoms with Crippen molar-refractivity contribution in [2.75, 3.05) is 40.5 Å². The molecule has 0 aliphatic carbocycles. The maximum atomic E-state index is 10.8. The number of alkyl halides is 6. The molecule has 0 bridgehead atoms. The first-order valence-electron chi connectivity index (χ1n) is 21.1. The first kappa shape index (κ1) is 94.2. The Morgan fingerprint density at radius 1 is 0.746 bits per heavy atom. The van der Waals surface area contributed by atoms with Gasteiger partial charge in [0.15, 0.2) is 8.32 Å². The summed E-state index contributed by atoms with van der Waals surface area (Å²) >= 11 is 4.85. The monoisotopic (exact) mass is 1130 g/mol. The van der Waals surface area contributed by atoms with E-state index in [1.54, 1.807) is 18.9 Å². The lowest BCUT2D eigenvalue weighted by atomic mass is 10.2. The molecule has 0 aromatic heterocycles. The molecule has 376 valence electrons. The first-order chi connectivity index (χ1) is 25.6. The van der Waals surface area contributed by atoms with Crippen LogP contribution in [0.2, 0.25) is 44.8 Å². The van der Waals surface area contributed by atoms with Crippen molar-refractivity contribution >= 4 is 73.4 Å². The van der Waals surface area contributed by atoms with E-state index in [0.717, 1.165) is 49.1 Å². The molecule has 0 aliphatic rings. The predicted molar refractivity (Wildman–Crippen MR) is 290 cm³/mol. The fourth-order valence-electron chi connectivity index (χ4n) is 0.676. The highest BCUT2D eigenvalue weighted by molar-refractivity contribution is 14.1. The van der Waals surface area contributed by atoms with E-state index in [9.17, 15) is 27.2 Å². The van der Waals surface area contributed by atoms with Crippen molar-refractivity contribution in [3.63, 3.8) is 0 Å². The zero-order chi connectivity index (χ0) is 49.1. The van der Waals surface area contributed by atoms with Crippen LogP contribution >= 0.6 is 45.2 Å². The number of carbonyl (C=O) groups excluding carboxylic acids is 2. The Bertz CT molecular complexity index is 641. The average Bonchev–Trinajstić information content (AvgIpc) is 3.10. The Labute approximate surface area is 400 Å². The summed E-state index contributed by atoms with van der Waals surface area (Å²) in [5.74, 6) is 1.05. The highest BCUT2D eigenvalue weighted by Gasteiger charge is 2.22. The van der Waals surface area contributed by atoms with Crippen LogP contribution in [0.1, 0.15) is 179 Å². The molecule has 2 amide bonds. The summed E-state index contributed by atoms with van der Waals surface area (Å²) in [4.78, 5) is 30.9. The van der Waals surface area contributed by atoms with E-state index >= 15 is 0 Å². The number of amides is 2. The molecule has 0 saturated carbocycles. The summed E-state index contributed by atoms with van der Waals surface area (Å²) in [6, 6.07) is 2.38. The van der Waals surface area contributed by atoms with Crippen molar-refractivity contribution < 1.29 is 36.7 Å². The van der Waals surface area contributed by atoms with Gasteiger partial charge in [0.2, 0.25) is 11.8 Å². The normalized spacial score (nSPS) is 9.86. The predicted octanol–water partition coefficient (Wildman–Crippen LogP) is 17.3. The van der Waals surface area contributed by atoms with Gasteiger partial charge >= 0.3 is 6.18 Å². The molecule has 2 N–H and O–H groups in total. The van der Waals surface area contributed by atoms with E-state index in [-0.39, 0.29) is 26.7 Å². The van der Waals surface area contributed by atoms with Crippen LogP contribution in [0.15, 0.2) is 0 Å². The second kappa shape index (κ2) is 70.1. The van der Waals surface area contributed by atoms with Crippen molar-refractivity contribution in [3.05, 3.63) is 0 Å². The van der Waals surface area contributed by atoms with Gasteiger partial charge in [-0.3, -0.25) is 14.0 Å². The molecule has 0 fully saturated rings. The Morgan fingerprint density at radius 3 is 0.983 bits per heavy atom. The molecule has 0 saturated heterocycles. The van der Waals surface area contributed by atoms with Gasteiger partial charge in [0.25, 0.3) is 0 Å². The minimum absolute atomic E-state index is 0. The molecule has 14 heteroatoms. The molecule has 1 unspecified atom stereocenters. The minimum Gasteiger partial charge on any atom is -0.432 e. The first-order valence-corrected chi connectivity index (χ1v) is 30.3. The Hall–Kier alpha value is 0.474. The van der Waals surface area contributed by atoms with Crippen LogP contribution in [0, 0.1) is 5.92 Å². The van der Waals surface area contributed by atoms with E-state index in [2.05, 4.69) is 146 Å². The molecular formula is C45H112F4I2N2O4Si2. The number of nitrogens with zero attached hydrogens (tertiary/aromatic N) is 1. The quantitative estimate of drug-likeness (QED) is 0.104. The standard InChI is InChI=1S/C5H11I.C5H11NO.C5H14Si.C5H12.C4H9I.C4H9NO.C4H12OSi.C4H10O.C3H5F3.C3H8.CH3F.2CH4/c1-4-5(2,3)6;1-4-6(3)5(2)7;1-5-6(2,3)4;1-4-5(2)3;1-3-4(2)5;1-3-5-4(2)6;1-4-6(2,3)5;1-3-5-4-2;1-2-3(4,5)6;1-3-2;1-2;;/h4H2,1-3H3;4H2,1-3H3;5H2,1-4H3;5H,4H2,1-3H3;4H,3H2,1-2H3;3H2,1-2H3,(H,5,6);5H,4H2,1-3H3;3-4H2,1-2H3;2H2,1H3;3H2,1-2H3;1H3;2*1H4. The van der Waals surface area contributed by atoms with Crippen LogP contribution < -0.4 is 5.32 Å². The maximum absolute atomic E-state index is 10.8. The molecular weight excluding hydrogens is 1020 g/mol. The lowest BCUT2D eigenvalue weighted by molar-refractivity contribution is -0.130. The minimum atomic E-state index is -3.96. The highest BCUT2D eigenvalue weighted by atomic mass is 127. The number of nitrogens with one attached hydrogen (secondary N) is 1. The lowest BCUT2D eigenvalue weighted by Gasteiger charge is -2.10. The van der Waals surface area contributed by atoms with Crippen molar-refractivity contribution in [1.29, 1.82) is 0 Å². The van der Waals surface area contributed by atoms with Crippen LogP contribution in [0.5, 0.6) is 0 Å².